The Labute approximate surface area is 105 Å². The van der Waals surface area contributed by atoms with Crippen LogP contribution in [0.15, 0.2) is 29.4 Å². The van der Waals surface area contributed by atoms with Crippen molar-refractivity contribution in [3.8, 4) is 0 Å². The lowest BCUT2D eigenvalue weighted by atomic mass is 9.89. The van der Waals surface area contributed by atoms with E-state index in [0.29, 0.717) is 11.1 Å². The van der Waals surface area contributed by atoms with Crippen LogP contribution in [-0.4, -0.2) is 23.4 Å². The second kappa shape index (κ2) is 6.05. The third-order valence-corrected chi connectivity index (χ3v) is 2.86. The van der Waals surface area contributed by atoms with E-state index in [1.54, 1.807) is 31.2 Å². The predicted octanol–water partition coefficient (Wildman–Crippen LogP) is 2.46. The minimum Gasteiger partial charge on any atom is -0.481 e. The monoisotopic (exact) mass is 249 g/mol. The molecule has 96 valence electrons. The normalized spacial score (nSPS) is 13.7. The summed E-state index contributed by atoms with van der Waals surface area (Å²) in [6.45, 7) is 3.03. The molecule has 5 heteroatoms. The van der Waals surface area contributed by atoms with Gasteiger partial charge in [-0.05, 0) is 12.5 Å². The van der Waals surface area contributed by atoms with Gasteiger partial charge in [0.05, 0.1) is 12.5 Å². The number of hydrogen-bond donors (Lipinski definition) is 1. The maximum Gasteiger partial charge on any atom is 0.310 e. The number of carboxylic acid groups (broad SMARTS) is 1. The summed E-state index contributed by atoms with van der Waals surface area (Å²) < 4.78 is 0. The predicted molar refractivity (Wildman–Crippen MR) is 66.6 cm³/mol. The molecule has 0 radical (unpaired) electrons. The Morgan fingerprint density at radius 2 is 1.89 bits per heavy atom. The average Bonchev–Trinajstić information content (AvgIpc) is 2.37. The molecule has 1 N–H and O–H groups in total. The van der Waals surface area contributed by atoms with E-state index in [9.17, 15) is 14.5 Å². The first-order valence-electron chi connectivity index (χ1n) is 5.64. The zero-order valence-corrected chi connectivity index (χ0v) is 10.3. The molecule has 0 amide bonds. The number of aliphatic carboxylic acids is 1. The molecule has 0 heterocycles. The molecule has 2 atom stereocenters. The van der Waals surface area contributed by atoms with Gasteiger partial charge in [0.25, 0.3) is 0 Å². The molecular weight excluding hydrogens is 234 g/mol. The van der Waals surface area contributed by atoms with Crippen LogP contribution in [0, 0.1) is 10.8 Å². The van der Waals surface area contributed by atoms with Gasteiger partial charge in [0.2, 0.25) is 0 Å². The Bertz CT molecular complexity index is 470. The largest absolute Gasteiger partial charge is 0.481 e. The molecule has 18 heavy (non-hydrogen) atoms. The topological polar surface area (TPSA) is 83.8 Å². The van der Waals surface area contributed by atoms with E-state index in [1.165, 1.54) is 6.92 Å². The minimum atomic E-state index is -0.989. The van der Waals surface area contributed by atoms with Crippen molar-refractivity contribution in [2.45, 2.75) is 19.8 Å². The summed E-state index contributed by atoms with van der Waals surface area (Å²) in [5.74, 6) is -2.54. The van der Waals surface area contributed by atoms with Crippen LogP contribution in [0.2, 0.25) is 0 Å². The number of carboxylic acids is 1. The number of ketones is 1. The molecule has 1 aromatic rings. The number of benzene rings is 1. The van der Waals surface area contributed by atoms with E-state index < -0.39 is 17.8 Å². The molecule has 0 aliphatic heterocycles. The van der Waals surface area contributed by atoms with Crippen LogP contribution in [-0.2, 0) is 4.79 Å². The van der Waals surface area contributed by atoms with Crippen LogP contribution >= 0.6 is 0 Å². The summed E-state index contributed by atoms with van der Waals surface area (Å²) in [5, 5.41) is 11.7. The fourth-order valence-electron chi connectivity index (χ4n) is 1.69. The lowest BCUT2D eigenvalue weighted by molar-refractivity contribution is -0.138. The molecule has 0 aromatic heterocycles. The quantitative estimate of drug-likeness (QED) is 0.620. The van der Waals surface area contributed by atoms with E-state index in [2.05, 4.69) is 5.18 Å². The fraction of sp³-hybridized carbons (Fsp3) is 0.385. The lowest BCUT2D eigenvalue weighted by Gasteiger charge is -2.14. The number of carbonyl (C=O) groups is 2. The first-order valence-corrected chi connectivity index (χ1v) is 5.64. The van der Waals surface area contributed by atoms with Crippen molar-refractivity contribution in [2.24, 2.45) is 11.1 Å². The average molecular weight is 249 g/mol. The number of rotatable bonds is 6. The molecule has 0 bridgehead atoms. The van der Waals surface area contributed by atoms with Gasteiger partial charge >= 0.3 is 5.97 Å². The van der Waals surface area contributed by atoms with Crippen molar-refractivity contribution in [1.29, 1.82) is 0 Å². The first-order chi connectivity index (χ1) is 8.49. The summed E-state index contributed by atoms with van der Waals surface area (Å²) in [7, 11) is 0. The molecule has 0 aliphatic rings. The molecule has 1 aromatic carbocycles. The second-order valence-corrected chi connectivity index (χ2v) is 4.22. The molecule has 1 rings (SSSR count). The molecule has 0 saturated heterocycles. The molecule has 0 aliphatic carbocycles. The van der Waals surface area contributed by atoms with Gasteiger partial charge in [0, 0.05) is 11.5 Å². The maximum absolute atomic E-state index is 12.1. The first kappa shape index (κ1) is 14.0. The number of nitrogens with zero attached hydrogens (tertiary/aromatic N) is 1. The summed E-state index contributed by atoms with van der Waals surface area (Å²) in [6.07, 6.45) is 0. The van der Waals surface area contributed by atoms with Gasteiger partial charge in [0.15, 0.2) is 5.78 Å². The van der Waals surface area contributed by atoms with Crippen LogP contribution in [0.25, 0.3) is 0 Å². The summed E-state index contributed by atoms with van der Waals surface area (Å²) >= 11 is 0. The van der Waals surface area contributed by atoms with E-state index in [0.717, 1.165) is 0 Å². The van der Waals surface area contributed by atoms with E-state index in [-0.39, 0.29) is 12.3 Å². The number of Topliss-reactive ketones (excluding diaryl/α,β-unsaturated/α-hetero) is 1. The highest BCUT2D eigenvalue weighted by Gasteiger charge is 2.23. The van der Waals surface area contributed by atoms with Gasteiger partial charge in [-0.15, -0.1) is 0 Å². The van der Waals surface area contributed by atoms with Crippen molar-refractivity contribution in [2.75, 3.05) is 6.54 Å². The van der Waals surface area contributed by atoms with Crippen molar-refractivity contribution < 1.29 is 14.7 Å². The van der Waals surface area contributed by atoms with Gasteiger partial charge in [-0.1, -0.05) is 36.4 Å². The number of carbonyl (C=O) groups excluding carboxylic acids is 1. The van der Waals surface area contributed by atoms with Gasteiger partial charge in [-0.2, -0.15) is 4.91 Å². The Balaban J connectivity index is 3.12. The Morgan fingerprint density at radius 3 is 2.44 bits per heavy atom. The highest BCUT2D eigenvalue weighted by atomic mass is 16.4. The number of nitroso groups, excluding NO2 is 1. The van der Waals surface area contributed by atoms with E-state index in [1.807, 2.05) is 0 Å². The minimum absolute atomic E-state index is 0.103. The van der Waals surface area contributed by atoms with Crippen LogP contribution in [0.3, 0.4) is 0 Å². The standard InChI is InChI=1S/C13H15NO4/c1-8(7-14-18)12(15)11-6-4-3-5-10(11)9(2)13(16)17/h3-6,8-9H,7H2,1-2H3,(H,16,17). The number of hydrogen-bond acceptors (Lipinski definition) is 4. The molecule has 2 unspecified atom stereocenters. The van der Waals surface area contributed by atoms with Gasteiger partial charge in [0.1, 0.15) is 0 Å². The molecule has 0 spiro atoms. The van der Waals surface area contributed by atoms with Crippen LogP contribution in [0.4, 0.5) is 0 Å². The second-order valence-electron chi connectivity index (χ2n) is 4.22. The Hall–Kier alpha value is -2.04. The third-order valence-electron chi connectivity index (χ3n) is 2.86. The SMILES string of the molecule is CC(CN=O)C(=O)c1ccccc1C(C)C(=O)O. The van der Waals surface area contributed by atoms with Crippen molar-refractivity contribution >= 4 is 11.8 Å². The highest BCUT2D eigenvalue weighted by Crippen LogP contribution is 2.22. The van der Waals surface area contributed by atoms with Crippen LogP contribution in [0.5, 0.6) is 0 Å². The molecule has 5 nitrogen and oxygen atoms in total. The molecule has 0 saturated carbocycles. The van der Waals surface area contributed by atoms with Crippen LogP contribution in [0.1, 0.15) is 35.7 Å². The van der Waals surface area contributed by atoms with Gasteiger partial charge < -0.3 is 5.11 Å². The maximum atomic E-state index is 12.1. The summed E-state index contributed by atoms with van der Waals surface area (Å²) in [4.78, 5) is 33.3. The zero-order chi connectivity index (χ0) is 13.7. The van der Waals surface area contributed by atoms with Crippen LogP contribution < -0.4 is 0 Å². The summed E-state index contributed by atoms with van der Waals surface area (Å²) in [5.41, 5.74) is 0.816. The molecule has 0 fully saturated rings. The fourth-order valence-corrected chi connectivity index (χ4v) is 1.69. The third kappa shape index (κ3) is 3.00. The summed E-state index contributed by atoms with van der Waals surface area (Å²) in [6, 6.07) is 6.56. The van der Waals surface area contributed by atoms with Crippen molar-refractivity contribution in [3.63, 3.8) is 0 Å². The smallest absolute Gasteiger partial charge is 0.310 e. The highest BCUT2D eigenvalue weighted by molar-refractivity contribution is 6.00. The Morgan fingerprint density at radius 1 is 1.28 bits per heavy atom. The Kier molecular flexibility index (Phi) is 4.71. The van der Waals surface area contributed by atoms with Crippen molar-refractivity contribution in [1.82, 2.24) is 0 Å². The molecular formula is C13H15NO4. The van der Waals surface area contributed by atoms with Gasteiger partial charge in [-0.25, -0.2) is 0 Å². The lowest BCUT2D eigenvalue weighted by Crippen LogP contribution is -2.18. The van der Waals surface area contributed by atoms with Crippen molar-refractivity contribution in [3.05, 3.63) is 40.3 Å². The zero-order valence-electron chi connectivity index (χ0n) is 10.3. The van der Waals surface area contributed by atoms with E-state index >= 15 is 0 Å². The van der Waals surface area contributed by atoms with Gasteiger partial charge in [-0.3, -0.25) is 9.59 Å². The van der Waals surface area contributed by atoms with E-state index in [4.69, 9.17) is 5.11 Å².